The first-order valence-electron chi connectivity index (χ1n) is 6.55. The maximum Gasteiger partial charge on any atom is 0.305 e. The molecule has 1 saturated heterocycles. The predicted octanol–water partition coefficient (Wildman–Crippen LogP) is 1.39. The Kier molecular flexibility index (Phi) is 4.95. The molecule has 1 unspecified atom stereocenters. The van der Waals surface area contributed by atoms with Crippen LogP contribution in [0.15, 0.2) is 28.7 Å². The standard InChI is InChI=1S/C14H15BrN2O4/c15-9-2-1-3-10(8-9)17-7-5-11(14(17)21)13(20)16-6-4-12(18)19/h1-3,8,11H,4-7H2,(H,16,20)(H,18,19). The normalized spacial score (nSPS) is 17.9. The van der Waals surface area contributed by atoms with Gasteiger partial charge in [0.15, 0.2) is 0 Å². The smallest absolute Gasteiger partial charge is 0.305 e. The second-order valence-corrected chi connectivity index (χ2v) is 5.66. The summed E-state index contributed by atoms with van der Waals surface area (Å²) in [7, 11) is 0. The van der Waals surface area contributed by atoms with E-state index in [0.717, 1.165) is 10.2 Å². The van der Waals surface area contributed by atoms with E-state index < -0.39 is 17.8 Å². The molecule has 7 heteroatoms. The molecular formula is C14H15BrN2O4. The molecule has 21 heavy (non-hydrogen) atoms. The average Bonchev–Trinajstić information content (AvgIpc) is 2.80. The minimum absolute atomic E-state index is 0.0365. The second kappa shape index (κ2) is 6.71. The number of carboxylic acid groups (broad SMARTS) is 1. The Bertz CT molecular complexity index is 576. The van der Waals surface area contributed by atoms with Gasteiger partial charge < -0.3 is 15.3 Å². The van der Waals surface area contributed by atoms with Crippen molar-refractivity contribution in [3.05, 3.63) is 28.7 Å². The molecule has 1 aliphatic rings. The molecule has 2 amide bonds. The first-order valence-corrected chi connectivity index (χ1v) is 7.35. The van der Waals surface area contributed by atoms with Gasteiger partial charge in [-0.2, -0.15) is 0 Å². The number of nitrogens with zero attached hydrogens (tertiary/aromatic N) is 1. The summed E-state index contributed by atoms with van der Waals surface area (Å²) < 4.78 is 0.863. The van der Waals surface area contributed by atoms with Crippen LogP contribution in [0.3, 0.4) is 0 Å². The molecule has 1 aliphatic heterocycles. The van der Waals surface area contributed by atoms with Gasteiger partial charge in [0.25, 0.3) is 0 Å². The molecule has 0 aromatic heterocycles. The monoisotopic (exact) mass is 354 g/mol. The molecule has 0 aliphatic carbocycles. The van der Waals surface area contributed by atoms with Crippen LogP contribution in [-0.4, -0.2) is 36.0 Å². The molecule has 0 spiro atoms. The number of carboxylic acids is 1. The van der Waals surface area contributed by atoms with Crippen LogP contribution in [0.2, 0.25) is 0 Å². The minimum atomic E-state index is -0.983. The molecule has 0 saturated carbocycles. The lowest BCUT2D eigenvalue weighted by molar-refractivity contribution is -0.137. The van der Waals surface area contributed by atoms with Crippen LogP contribution >= 0.6 is 15.9 Å². The van der Waals surface area contributed by atoms with Gasteiger partial charge in [0.05, 0.1) is 6.42 Å². The topological polar surface area (TPSA) is 86.7 Å². The van der Waals surface area contributed by atoms with Gasteiger partial charge in [-0.25, -0.2) is 0 Å². The van der Waals surface area contributed by atoms with Crippen molar-refractivity contribution < 1.29 is 19.5 Å². The summed E-state index contributed by atoms with van der Waals surface area (Å²) in [5.41, 5.74) is 0.746. The van der Waals surface area contributed by atoms with E-state index >= 15 is 0 Å². The Labute approximate surface area is 130 Å². The molecule has 0 bridgehead atoms. The molecule has 0 radical (unpaired) electrons. The number of carbonyl (C=O) groups excluding carboxylic acids is 2. The molecule has 6 nitrogen and oxygen atoms in total. The van der Waals surface area contributed by atoms with Crippen LogP contribution in [-0.2, 0) is 14.4 Å². The summed E-state index contributed by atoms with van der Waals surface area (Å²) in [6.45, 7) is 0.515. The molecule has 1 aromatic rings. The highest BCUT2D eigenvalue weighted by Gasteiger charge is 2.37. The molecule has 1 heterocycles. The van der Waals surface area contributed by atoms with Crippen molar-refractivity contribution in [2.75, 3.05) is 18.0 Å². The SMILES string of the molecule is O=C(O)CCNC(=O)C1CCN(c2cccc(Br)c2)C1=O. The molecule has 112 valence electrons. The molecule has 2 rings (SSSR count). The summed E-state index contributed by atoms with van der Waals surface area (Å²) in [6, 6.07) is 7.32. The summed E-state index contributed by atoms with van der Waals surface area (Å²) in [5.74, 6) is -2.37. The lowest BCUT2D eigenvalue weighted by Crippen LogP contribution is -2.37. The van der Waals surface area contributed by atoms with Gasteiger partial charge in [-0.3, -0.25) is 14.4 Å². The van der Waals surface area contributed by atoms with Crippen LogP contribution in [0, 0.1) is 5.92 Å². The quantitative estimate of drug-likeness (QED) is 0.782. The van der Waals surface area contributed by atoms with E-state index in [-0.39, 0.29) is 18.9 Å². The fraction of sp³-hybridized carbons (Fsp3) is 0.357. The first kappa shape index (κ1) is 15.5. The highest BCUT2D eigenvalue weighted by atomic mass is 79.9. The van der Waals surface area contributed by atoms with Crippen LogP contribution in [0.1, 0.15) is 12.8 Å². The van der Waals surface area contributed by atoms with Gasteiger partial charge in [-0.05, 0) is 24.6 Å². The van der Waals surface area contributed by atoms with Gasteiger partial charge in [0.2, 0.25) is 11.8 Å². The van der Waals surface area contributed by atoms with Crippen molar-refractivity contribution in [1.29, 1.82) is 0 Å². The minimum Gasteiger partial charge on any atom is -0.481 e. The third kappa shape index (κ3) is 3.81. The highest BCUT2D eigenvalue weighted by molar-refractivity contribution is 9.10. The lowest BCUT2D eigenvalue weighted by Gasteiger charge is -2.17. The van der Waals surface area contributed by atoms with E-state index in [2.05, 4.69) is 21.2 Å². The van der Waals surface area contributed by atoms with Crippen molar-refractivity contribution in [1.82, 2.24) is 5.32 Å². The highest BCUT2D eigenvalue weighted by Crippen LogP contribution is 2.27. The Hall–Kier alpha value is -1.89. The summed E-state index contributed by atoms with van der Waals surface area (Å²) >= 11 is 3.35. The lowest BCUT2D eigenvalue weighted by atomic mass is 10.1. The number of nitrogens with one attached hydrogen (secondary N) is 1. The molecule has 2 N–H and O–H groups in total. The van der Waals surface area contributed by atoms with Gasteiger partial charge in [-0.1, -0.05) is 22.0 Å². The molecule has 1 aromatic carbocycles. The van der Waals surface area contributed by atoms with Crippen LogP contribution in [0.25, 0.3) is 0 Å². The summed E-state index contributed by atoms with van der Waals surface area (Å²) in [5, 5.41) is 11.0. The third-order valence-corrected chi connectivity index (χ3v) is 3.77. The van der Waals surface area contributed by atoms with Gasteiger partial charge in [-0.15, -0.1) is 0 Å². The van der Waals surface area contributed by atoms with Crippen LogP contribution in [0.4, 0.5) is 5.69 Å². The maximum atomic E-state index is 12.3. The Morgan fingerprint density at radius 3 is 2.86 bits per heavy atom. The average molecular weight is 355 g/mol. The summed E-state index contributed by atoms with van der Waals surface area (Å²) in [4.78, 5) is 36.2. The van der Waals surface area contributed by atoms with Crippen LogP contribution in [0.5, 0.6) is 0 Å². The van der Waals surface area contributed by atoms with Gasteiger partial charge in [0, 0.05) is 23.2 Å². The van der Waals surface area contributed by atoms with Crippen molar-refractivity contribution in [2.24, 2.45) is 5.92 Å². The number of hydrogen-bond donors (Lipinski definition) is 2. The Morgan fingerprint density at radius 1 is 1.43 bits per heavy atom. The first-order chi connectivity index (χ1) is 9.99. The Morgan fingerprint density at radius 2 is 2.19 bits per heavy atom. The molecule has 1 atom stereocenters. The van der Waals surface area contributed by atoms with E-state index in [0.29, 0.717) is 13.0 Å². The fourth-order valence-electron chi connectivity index (χ4n) is 2.24. The summed E-state index contributed by atoms with van der Waals surface area (Å²) in [6.07, 6.45) is 0.284. The number of hydrogen-bond acceptors (Lipinski definition) is 3. The van der Waals surface area contributed by atoms with Crippen LogP contribution < -0.4 is 10.2 Å². The van der Waals surface area contributed by atoms with E-state index in [1.165, 1.54) is 0 Å². The number of benzene rings is 1. The van der Waals surface area contributed by atoms with E-state index in [9.17, 15) is 14.4 Å². The zero-order valence-electron chi connectivity index (χ0n) is 11.2. The third-order valence-electron chi connectivity index (χ3n) is 3.28. The number of aliphatic carboxylic acids is 1. The fourth-order valence-corrected chi connectivity index (χ4v) is 2.63. The van der Waals surface area contributed by atoms with Gasteiger partial charge >= 0.3 is 5.97 Å². The van der Waals surface area contributed by atoms with Crippen molar-refractivity contribution in [3.8, 4) is 0 Å². The van der Waals surface area contributed by atoms with Gasteiger partial charge in [0.1, 0.15) is 5.92 Å². The number of rotatable bonds is 5. The van der Waals surface area contributed by atoms with Crippen molar-refractivity contribution in [2.45, 2.75) is 12.8 Å². The second-order valence-electron chi connectivity index (χ2n) is 4.75. The zero-order valence-corrected chi connectivity index (χ0v) is 12.8. The number of halogens is 1. The zero-order chi connectivity index (χ0) is 15.4. The van der Waals surface area contributed by atoms with E-state index in [4.69, 9.17) is 5.11 Å². The molecule has 1 fully saturated rings. The number of anilines is 1. The number of amides is 2. The predicted molar refractivity (Wildman–Crippen MR) is 79.9 cm³/mol. The van der Waals surface area contributed by atoms with E-state index in [1.54, 1.807) is 4.90 Å². The largest absolute Gasteiger partial charge is 0.481 e. The maximum absolute atomic E-state index is 12.3. The van der Waals surface area contributed by atoms with Crippen molar-refractivity contribution in [3.63, 3.8) is 0 Å². The Balaban J connectivity index is 1.98. The van der Waals surface area contributed by atoms with E-state index in [1.807, 2.05) is 24.3 Å². The molecular weight excluding hydrogens is 340 g/mol. The number of carbonyl (C=O) groups is 3. The van der Waals surface area contributed by atoms with Crippen molar-refractivity contribution >= 4 is 39.4 Å².